The van der Waals surface area contributed by atoms with Crippen LogP contribution in [0.3, 0.4) is 0 Å². The fraction of sp³-hybridized carbons (Fsp3) is 0.167. The van der Waals surface area contributed by atoms with Gasteiger partial charge in [-0.25, -0.2) is 9.79 Å². The van der Waals surface area contributed by atoms with Crippen molar-refractivity contribution in [3.05, 3.63) is 113 Å². The zero-order chi connectivity index (χ0) is 27.8. The van der Waals surface area contributed by atoms with Crippen molar-refractivity contribution in [2.45, 2.75) is 13.0 Å². The highest BCUT2D eigenvalue weighted by molar-refractivity contribution is 9.10. The molecule has 0 saturated heterocycles. The highest BCUT2D eigenvalue weighted by Crippen LogP contribution is 2.40. The molecule has 4 aromatic rings. The lowest BCUT2D eigenvalue weighted by Gasteiger charge is -2.26. The molecule has 0 amide bonds. The number of nitrogens with zero attached hydrogens (tertiary/aromatic N) is 2. The fourth-order valence-corrected chi connectivity index (χ4v) is 6.32. The van der Waals surface area contributed by atoms with Crippen molar-refractivity contribution in [2.75, 3.05) is 20.5 Å². The summed E-state index contributed by atoms with van der Waals surface area (Å²) in [5.74, 6) is 1.30. The molecule has 1 unspecified atom stereocenters. The molecule has 40 heavy (non-hydrogen) atoms. The maximum atomic E-state index is 14.0. The molecule has 202 valence electrons. The van der Waals surface area contributed by atoms with Crippen LogP contribution in [0.4, 0.5) is 0 Å². The number of carbonyl (C=O) groups is 1. The van der Waals surface area contributed by atoms with Crippen molar-refractivity contribution in [2.24, 2.45) is 4.99 Å². The van der Waals surface area contributed by atoms with Gasteiger partial charge < -0.3 is 18.9 Å². The Morgan fingerprint density at radius 2 is 1.93 bits per heavy atom. The van der Waals surface area contributed by atoms with Crippen LogP contribution in [0.1, 0.15) is 29.7 Å². The van der Waals surface area contributed by atoms with Gasteiger partial charge in [0.05, 0.1) is 40.0 Å². The number of fused-ring (bicyclic) bond motifs is 2. The van der Waals surface area contributed by atoms with E-state index in [-0.39, 0.29) is 24.5 Å². The Bertz CT molecular complexity index is 1840. The van der Waals surface area contributed by atoms with E-state index in [1.807, 2.05) is 54.6 Å². The molecule has 1 aromatic heterocycles. The summed E-state index contributed by atoms with van der Waals surface area (Å²) in [6.07, 6.45) is 1.81. The molecule has 8 nitrogen and oxygen atoms in total. The Hall–Kier alpha value is -4.15. The molecule has 3 aromatic carbocycles. The Labute approximate surface area is 241 Å². The van der Waals surface area contributed by atoms with Gasteiger partial charge in [0.25, 0.3) is 5.56 Å². The minimum absolute atomic E-state index is 0.106. The van der Waals surface area contributed by atoms with E-state index in [1.165, 1.54) is 11.3 Å². The second kappa shape index (κ2) is 10.8. The number of esters is 1. The summed E-state index contributed by atoms with van der Waals surface area (Å²) in [5.41, 5.74) is 2.70. The van der Waals surface area contributed by atoms with Gasteiger partial charge in [0.2, 0.25) is 6.79 Å². The number of ether oxygens (including phenoxy) is 4. The molecule has 0 spiro atoms. The molecule has 0 aliphatic carbocycles. The smallest absolute Gasteiger partial charge is 0.338 e. The molecular weight excluding hydrogens is 596 g/mol. The van der Waals surface area contributed by atoms with Crippen molar-refractivity contribution >= 4 is 45.0 Å². The quantitative estimate of drug-likeness (QED) is 0.297. The second-order valence-electron chi connectivity index (χ2n) is 8.94. The predicted octanol–water partition coefficient (Wildman–Crippen LogP) is 4.44. The molecule has 2 aliphatic rings. The van der Waals surface area contributed by atoms with E-state index in [0.29, 0.717) is 37.8 Å². The molecule has 0 bridgehead atoms. The average Bonchev–Trinajstić information content (AvgIpc) is 3.56. The van der Waals surface area contributed by atoms with Crippen LogP contribution >= 0.6 is 27.3 Å². The maximum Gasteiger partial charge on any atom is 0.338 e. The summed E-state index contributed by atoms with van der Waals surface area (Å²) >= 11 is 4.77. The van der Waals surface area contributed by atoms with Crippen LogP contribution in [-0.4, -0.2) is 31.0 Å². The largest absolute Gasteiger partial charge is 0.496 e. The van der Waals surface area contributed by atoms with Gasteiger partial charge in [0.1, 0.15) is 5.75 Å². The van der Waals surface area contributed by atoms with Crippen molar-refractivity contribution < 1.29 is 23.7 Å². The second-order valence-corrected chi connectivity index (χ2v) is 10.8. The van der Waals surface area contributed by atoms with Crippen molar-refractivity contribution in [1.82, 2.24) is 4.57 Å². The summed E-state index contributed by atoms with van der Waals surface area (Å²) < 4.78 is 24.8. The van der Waals surface area contributed by atoms with E-state index in [9.17, 15) is 9.59 Å². The number of hydrogen-bond donors (Lipinski definition) is 0. The molecule has 0 fully saturated rings. The van der Waals surface area contributed by atoms with Gasteiger partial charge in [-0.2, -0.15) is 0 Å². The first kappa shape index (κ1) is 26.1. The predicted molar refractivity (Wildman–Crippen MR) is 154 cm³/mol. The van der Waals surface area contributed by atoms with Gasteiger partial charge in [-0.15, -0.1) is 0 Å². The van der Waals surface area contributed by atoms with Crippen LogP contribution < -0.4 is 29.1 Å². The SMILES string of the molecule is CCOC(=O)C1=C(c2ccccc2)N=c2s/c(=C\c3ccc(OC)c(Br)c3)c(=O)n2C1c1ccc2c(c1)OCO2. The fourth-order valence-electron chi connectivity index (χ4n) is 4.76. The lowest BCUT2D eigenvalue weighted by molar-refractivity contribution is -0.138. The third-order valence-electron chi connectivity index (χ3n) is 6.56. The first-order chi connectivity index (χ1) is 19.5. The number of methoxy groups -OCH3 is 1. The molecule has 0 radical (unpaired) electrons. The van der Waals surface area contributed by atoms with Crippen LogP contribution in [0.2, 0.25) is 0 Å². The van der Waals surface area contributed by atoms with E-state index in [4.69, 9.17) is 23.9 Å². The minimum atomic E-state index is -0.801. The first-order valence-corrected chi connectivity index (χ1v) is 14.1. The first-order valence-electron chi connectivity index (χ1n) is 12.5. The van der Waals surface area contributed by atoms with Gasteiger partial charge in [-0.1, -0.05) is 53.8 Å². The Morgan fingerprint density at radius 1 is 1.12 bits per heavy atom. The summed E-state index contributed by atoms with van der Waals surface area (Å²) in [6.45, 7) is 2.03. The van der Waals surface area contributed by atoms with Gasteiger partial charge in [-0.05, 0) is 64.3 Å². The van der Waals surface area contributed by atoms with E-state index >= 15 is 0 Å². The van der Waals surface area contributed by atoms with E-state index < -0.39 is 12.0 Å². The summed E-state index contributed by atoms with van der Waals surface area (Å²) in [4.78, 5) is 33.0. The molecule has 10 heteroatoms. The Kier molecular flexibility index (Phi) is 7.03. The molecule has 6 rings (SSSR count). The average molecular weight is 619 g/mol. The van der Waals surface area contributed by atoms with Crippen LogP contribution in [0.15, 0.2) is 86.6 Å². The number of halogens is 1. The van der Waals surface area contributed by atoms with Crippen LogP contribution in [-0.2, 0) is 9.53 Å². The van der Waals surface area contributed by atoms with E-state index in [0.717, 1.165) is 15.6 Å². The molecule has 1 atom stereocenters. The zero-order valence-corrected chi connectivity index (χ0v) is 24.0. The molecule has 0 N–H and O–H groups in total. The van der Waals surface area contributed by atoms with Crippen molar-refractivity contribution in [3.63, 3.8) is 0 Å². The van der Waals surface area contributed by atoms with Crippen LogP contribution in [0.5, 0.6) is 17.2 Å². The molecule has 2 aliphatic heterocycles. The van der Waals surface area contributed by atoms with E-state index in [2.05, 4.69) is 15.9 Å². The van der Waals surface area contributed by atoms with Crippen molar-refractivity contribution in [3.8, 4) is 17.2 Å². The molecule has 0 saturated carbocycles. The lowest BCUT2D eigenvalue weighted by Crippen LogP contribution is -2.40. The topological polar surface area (TPSA) is 88.4 Å². The lowest BCUT2D eigenvalue weighted by atomic mass is 9.93. The molecule has 3 heterocycles. The summed E-state index contributed by atoms with van der Waals surface area (Å²) in [6, 6.07) is 19.6. The number of aromatic nitrogens is 1. The Balaban J connectivity index is 1.62. The van der Waals surface area contributed by atoms with E-state index in [1.54, 1.807) is 36.8 Å². The number of carbonyl (C=O) groups excluding carboxylic acids is 1. The van der Waals surface area contributed by atoms with Gasteiger partial charge in [0, 0.05) is 5.56 Å². The minimum Gasteiger partial charge on any atom is -0.496 e. The highest BCUT2D eigenvalue weighted by Gasteiger charge is 2.36. The van der Waals surface area contributed by atoms with Gasteiger partial charge in [-0.3, -0.25) is 9.36 Å². The standard InChI is InChI=1S/C30H23BrN2O6S/c1-3-37-29(35)25-26(18-7-5-4-6-8-18)32-30-33(27(25)19-10-12-22-23(15-19)39-16-38-22)28(34)24(40-30)14-17-9-11-21(36-2)20(31)13-17/h4-15,27H,3,16H2,1-2H3/b24-14-. The third-order valence-corrected chi connectivity index (χ3v) is 8.16. The summed E-state index contributed by atoms with van der Waals surface area (Å²) in [5, 5.41) is 0. The number of hydrogen-bond acceptors (Lipinski definition) is 8. The van der Waals surface area contributed by atoms with Gasteiger partial charge >= 0.3 is 5.97 Å². The molecular formula is C30H23BrN2O6S. The van der Waals surface area contributed by atoms with Crippen molar-refractivity contribution in [1.29, 1.82) is 0 Å². The van der Waals surface area contributed by atoms with Gasteiger partial charge in [0.15, 0.2) is 16.3 Å². The number of thiazole rings is 1. The normalized spacial score (nSPS) is 16.0. The highest BCUT2D eigenvalue weighted by atomic mass is 79.9. The maximum absolute atomic E-state index is 14.0. The summed E-state index contributed by atoms with van der Waals surface area (Å²) in [7, 11) is 1.60. The number of rotatable bonds is 6. The van der Waals surface area contributed by atoms with Crippen LogP contribution in [0.25, 0.3) is 11.8 Å². The monoisotopic (exact) mass is 618 g/mol. The Morgan fingerprint density at radius 3 is 2.67 bits per heavy atom. The zero-order valence-electron chi connectivity index (χ0n) is 21.5. The number of benzene rings is 3. The third kappa shape index (κ3) is 4.63. The van der Waals surface area contributed by atoms with Crippen LogP contribution in [0, 0.1) is 0 Å².